The van der Waals surface area contributed by atoms with Gasteiger partial charge in [-0.25, -0.2) is 0 Å². The maximum atomic E-state index is 13.3. The SMILES string of the molecule is Cc1cc(C)n(Cc2cccc(C(=O)N3C[C@@H](Cc4ccnc5ccccc45)[C@H](O)C3)c2)n1. The van der Waals surface area contributed by atoms with E-state index in [1.165, 1.54) is 0 Å². The van der Waals surface area contributed by atoms with Crippen molar-refractivity contribution in [3.8, 4) is 0 Å². The van der Waals surface area contributed by atoms with Crippen LogP contribution < -0.4 is 0 Å². The highest BCUT2D eigenvalue weighted by atomic mass is 16.3. The van der Waals surface area contributed by atoms with Crippen LogP contribution in [0.15, 0.2) is 66.9 Å². The Balaban J connectivity index is 1.30. The number of nitrogens with zero attached hydrogens (tertiary/aromatic N) is 4. The summed E-state index contributed by atoms with van der Waals surface area (Å²) in [6.07, 6.45) is 1.99. The van der Waals surface area contributed by atoms with Gasteiger partial charge in [0.2, 0.25) is 0 Å². The van der Waals surface area contributed by atoms with Gasteiger partial charge >= 0.3 is 0 Å². The van der Waals surface area contributed by atoms with Crippen LogP contribution in [0.25, 0.3) is 10.9 Å². The molecule has 5 rings (SSSR count). The number of amides is 1. The second kappa shape index (κ2) is 8.79. The Hall–Kier alpha value is -3.51. The van der Waals surface area contributed by atoms with Crippen molar-refractivity contribution in [3.63, 3.8) is 0 Å². The number of β-amino-alcohol motifs (C(OH)–C–C–N with tert-alkyl or cyclic N) is 1. The predicted molar refractivity (Wildman–Crippen MR) is 128 cm³/mol. The predicted octanol–water partition coefficient (Wildman–Crippen LogP) is 3.77. The van der Waals surface area contributed by atoms with Gasteiger partial charge in [0, 0.05) is 41.8 Å². The largest absolute Gasteiger partial charge is 0.391 e. The standard InChI is InChI=1S/C27H28N4O2/c1-18-12-19(2)31(29-18)15-20-6-5-7-22(13-20)27(33)30-16-23(26(32)17-30)14-21-10-11-28-25-9-4-3-8-24(21)25/h3-13,23,26,32H,14-17H2,1-2H3/t23-,26-/m1/s1. The van der Waals surface area contributed by atoms with E-state index in [-0.39, 0.29) is 11.8 Å². The van der Waals surface area contributed by atoms with E-state index in [9.17, 15) is 9.90 Å². The Morgan fingerprint density at radius 1 is 1.06 bits per heavy atom. The molecule has 4 aromatic rings. The van der Waals surface area contributed by atoms with E-state index < -0.39 is 6.10 Å². The molecule has 0 saturated carbocycles. The lowest BCUT2D eigenvalue weighted by Gasteiger charge is -2.17. The van der Waals surface area contributed by atoms with Gasteiger partial charge in [-0.3, -0.25) is 14.5 Å². The zero-order valence-corrected chi connectivity index (χ0v) is 19.0. The summed E-state index contributed by atoms with van der Waals surface area (Å²) < 4.78 is 1.95. The third kappa shape index (κ3) is 4.39. The molecule has 1 aliphatic heterocycles. The third-order valence-corrected chi connectivity index (χ3v) is 6.52. The van der Waals surface area contributed by atoms with Crippen molar-refractivity contribution in [1.82, 2.24) is 19.7 Å². The van der Waals surface area contributed by atoms with E-state index in [4.69, 9.17) is 0 Å². The van der Waals surface area contributed by atoms with Crippen LogP contribution in [0.1, 0.15) is 32.9 Å². The Morgan fingerprint density at radius 2 is 1.91 bits per heavy atom. The highest BCUT2D eigenvalue weighted by Crippen LogP contribution is 2.26. The number of likely N-dealkylation sites (tertiary alicyclic amines) is 1. The van der Waals surface area contributed by atoms with E-state index in [2.05, 4.69) is 16.1 Å². The van der Waals surface area contributed by atoms with Crippen LogP contribution in [0, 0.1) is 19.8 Å². The number of carbonyl (C=O) groups excluding carboxylic acids is 1. The number of carbonyl (C=O) groups is 1. The molecule has 0 unspecified atom stereocenters. The fourth-order valence-corrected chi connectivity index (χ4v) is 4.83. The van der Waals surface area contributed by atoms with Crippen molar-refractivity contribution in [2.75, 3.05) is 13.1 Å². The molecule has 2 aromatic carbocycles. The molecule has 1 saturated heterocycles. The van der Waals surface area contributed by atoms with Gasteiger partial charge in [-0.1, -0.05) is 30.3 Å². The summed E-state index contributed by atoms with van der Waals surface area (Å²) in [7, 11) is 0. The normalized spacial score (nSPS) is 18.2. The number of pyridine rings is 1. The van der Waals surface area contributed by atoms with Crippen LogP contribution in [0.3, 0.4) is 0 Å². The van der Waals surface area contributed by atoms with E-state index >= 15 is 0 Å². The van der Waals surface area contributed by atoms with Gasteiger partial charge in [0.25, 0.3) is 5.91 Å². The summed E-state index contributed by atoms with van der Waals surface area (Å²) in [6, 6.07) is 19.8. The minimum atomic E-state index is -0.543. The van der Waals surface area contributed by atoms with Crippen LogP contribution in [-0.2, 0) is 13.0 Å². The fourth-order valence-electron chi connectivity index (χ4n) is 4.83. The molecule has 6 nitrogen and oxygen atoms in total. The average Bonchev–Trinajstić information content (AvgIpc) is 3.34. The first-order chi connectivity index (χ1) is 16.0. The topological polar surface area (TPSA) is 71.2 Å². The summed E-state index contributed by atoms with van der Waals surface area (Å²) in [5.41, 5.74) is 5.88. The van der Waals surface area contributed by atoms with Crippen LogP contribution in [0.5, 0.6) is 0 Å². The van der Waals surface area contributed by atoms with Gasteiger partial charge in [-0.15, -0.1) is 0 Å². The average molecular weight is 441 g/mol. The van der Waals surface area contributed by atoms with Crippen molar-refractivity contribution in [3.05, 3.63) is 94.9 Å². The fraction of sp³-hybridized carbons (Fsp3) is 0.296. The number of aliphatic hydroxyl groups is 1. The summed E-state index contributed by atoms with van der Waals surface area (Å²) in [4.78, 5) is 19.5. The van der Waals surface area contributed by atoms with E-state index in [1.54, 1.807) is 4.90 Å². The molecule has 0 bridgehead atoms. The van der Waals surface area contributed by atoms with Gasteiger partial charge in [0.05, 0.1) is 23.9 Å². The van der Waals surface area contributed by atoms with E-state index in [0.717, 1.165) is 33.4 Å². The minimum absolute atomic E-state index is 0.00219. The molecule has 1 N–H and O–H groups in total. The number of rotatable bonds is 5. The maximum Gasteiger partial charge on any atom is 0.253 e. The molecule has 33 heavy (non-hydrogen) atoms. The molecule has 0 radical (unpaired) electrons. The molecule has 0 spiro atoms. The number of hydrogen-bond donors (Lipinski definition) is 1. The lowest BCUT2D eigenvalue weighted by molar-refractivity contribution is 0.0764. The molecule has 168 valence electrons. The molecule has 1 amide bonds. The first kappa shape index (κ1) is 21.3. The first-order valence-corrected chi connectivity index (χ1v) is 11.4. The molecule has 1 fully saturated rings. The van der Waals surface area contributed by atoms with Gasteiger partial charge in [-0.05, 0) is 61.7 Å². The van der Waals surface area contributed by atoms with Gasteiger partial charge in [-0.2, -0.15) is 5.10 Å². The van der Waals surface area contributed by atoms with Crippen LogP contribution in [-0.4, -0.2) is 49.9 Å². The highest BCUT2D eigenvalue weighted by Gasteiger charge is 2.34. The van der Waals surface area contributed by atoms with Crippen molar-refractivity contribution >= 4 is 16.8 Å². The summed E-state index contributed by atoms with van der Waals surface area (Å²) in [6.45, 7) is 5.54. The Morgan fingerprint density at radius 3 is 2.73 bits per heavy atom. The smallest absolute Gasteiger partial charge is 0.253 e. The number of para-hydroxylation sites is 1. The summed E-state index contributed by atoms with van der Waals surface area (Å²) in [5, 5.41) is 16.4. The number of benzene rings is 2. The minimum Gasteiger partial charge on any atom is -0.391 e. The lowest BCUT2D eigenvalue weighted by Crippen LogP contribution is -2.29. The number of hydrogen-bond acceptors (Lipinski definition) is 4. The molecule has 1 aliphatic rings. The quantitative estimate of drug-likeness (QED) is 0.513. The van der Waals surface area contributed by atoms with Gasteiger partial charge in [0.1, 0.15) is 0 Å². The Bertz CT molecular complexity index is 1310. The Labute approximate surface area is 193 Å². The number of aliphatic hydroxyl groups excluding tert-OH is 1. The monoisotopic (exact) mass is 440 g/mol. The van der Waals surface area contributed by atoms with Crippen molar-refractivity contribution in [1.29, 1.82) is 0 Å². The van der Waals surface area contributed by atoms with E-state index in [1.807, 2.05) is 79.3 Å². The number of aromatic nitrogens is 3. The number of fused-ring (bicyclic) bond motifs is 1. The van der Waals surface area contributed by atoms with E-state index in [0.29, 0.717) is 31.6 Å². The molecule has 3 heterocycles. The third-order valence-electron chi connectivity index (χ3n) is 6.52. The zero-order chi connectivity index (χ0) is 22.9. The summed E-state index contributed by atoms with van der Waals surface area (Å²) >= 11 is 0. The molecule has 2 aromatic heterocycles. The molecular weight excluding hydrogens is 412 g/mol. The maximum absolute atomic E-state index is 13.3. The van der Waals surface area contributed by atoms with Crippen LogP contribution in [0.4, 0.5) is 0 Å². The van der Waals surface area contributed by atoms with Gasteiger partial charge in [0.15, 0.2) is 0 Å². The molecular formula is C27H28N4O2. The van der Waals surface area contributed by atoms with Crippen molar-refractivity contribution in [2.24, 2.45) is 5.92 Å². The van der Waals surface area contributed by atoms with Crippen molar-refractivity contribution < 1.29 is 9.90 Å². The van der Waals surface area contributed by atoms with Crippen molar-refractivity contribution in [2.45, 2.75) is 32.9 Å². The highest BCUT2D eigenvalue weighted by molar-refractivity contribution is 5.94. The zero-order valence-electron chi connectivity index (χ0n) is 19.0. The lowest BCUT2D eigenvalue weighted by atomic mass is 9.94. The molecule has 0 aliphatic carbocycles. The second-order valence-electron chi connectivity index (χ2n) is 9.01. The second-order valence-corrected chi connectivity index (χ2v) is 9.01. The van der Waals surface area contributed by atoms with Gasteiger partial charge < -0.3 is 10.0 Å². The number of aryl methyl sites for hydroxylation is 2. The van der Waals surface area contributed by atoms with Crippen LogP contribution in [0.2, 0.25) is 0 Å². The molecule has 6 heteroatoms. The Kier molecular flexibility index (Phi) is 5.68. The van der Waals surface area contributed by atoms with Crippen LogP contribution >= 0.6 is 0 Å². The summed E-state index contributed by atoms with van der Waals surface area (Å²) in [5.74, 6) is -0.0380. The molecule has 2 atom stereocenters. The first-order valence-electron chi connectivity index (χ1n) is 11.4.